The second kappa shape index (κ2) is 5.03. The number of nitrogens with one attached hydrogen (secondary N) is 1. The SMILES string of the molecule is CNC(c1ccc(Cl)cc1)c1cnn2ccccc12. The second-order valence-electron chi connectivity index (χ2n) is 4.40. The monoisotopic (exact) mass is 271 g/mol. The minimum Gasteiger partial charge on any atom is -0.309 e. The molecule has 2 aromatic heterocycles. The van der Waals surface area contributed by atoms with Crippen molar-refractivity contribution in [1.82, 2.24) is 14.9 Å². The summed E-state index contributed by atoms with van der Waals surface area (Å²) in [6.45, 7) is 0. The maximum absolute atomic E-state index is 5.94. The topological polar surface area (TPSA) is 29.3 Å². The lowest BCUT2D eigenvalue weighted by Crippen LogP contribution is -2.17. The molecule has 2 heterocycles. The lowest BCUT2D eigenvalue weighted by molar-refractivity contribution is 0.696. The lowest BCUT2D eigenvalue weighted by atomic mass is 10.0. The molecule has 96 valence electrons. The van der Waals surface area contributed by atoms with E-state index < -0.39 is 0 Å². The van der Waals surface area contributed by atoms with Gasteiger partial charge in [-0.1, -0.05) is 29.8 Å². The first kappa shape index (κ1) is 12.2. The van der Waals surface area contributed by atoms with E-state index in [1.54, 1.807) is 0 Å². The van der Waals surface area contributed by atoms with Crippen LogP contribution in [0.15, 0.2) is 54.9 Å². The molecule has 0 radical (unpaired) electrons. The van der Waals surface area contributed by atoms with E-state index in [0.717, 1.165) is 16.1 Å². The van der Waals surface area contributed by atoms with E-state index in [0.29, 0.717) is 0 Å². The zero-order valence-electron chi connectivity index (χ0n) is 10.5. The van der Waals surface area contributed by atoms with Crippen LogP contribution in [0.3, 0.4) is 0 Å². The van der Waals surface area contributed by atoms with Crippen LogP contribution < -0.4 is 5.32 Å². The Labute approximate surface area is 116 Å². The van der Waals surface area contributed by atoms with Crippen LogP contribution in [0.25, 0.3) is 5.52 Å². The number of nitrogens with zero attached hydrogens (tertiary/aromatic N) is 2. The van der Waals surface area contributed by atoms with Gasteiger partial charge in [-0.3, -0.25) is 0 Å². The maximum atomic E-state index is 5.94. The summed E-state index contributed by atoms with van der Waals surface area (Å²) in [4.78, 5) is 0. The number of pyridine rings is 1. The van der Waals surface area contributed by atoms with Crippen LogP contribution in [0.4, 0.5) is 0 Å². The Morgan fingerprint density at radius 3 is 2.68 bits per heavy atom. The van der Waals surface area contributed by atoms with Crippen LogP contribution in [0.5, 0.6) is 0 Å². The maximum Gasteiger partial charge on any atom is 0.0712 e. The van der Waals surface area contributed by atoms with Crippen molar-refractivity contribution in [2.24, 2.45) is 0 Å². The average Bonchev–Trinajstić information content (AvgIpc) is 2.86. The Morgan fingerprint density at radius 2 is 1.95 bits per heavy atom. The first-order valence-electron chi connectivity index (χ1n) is 6.14. The van der Waals surface area contributed by atoms with Gasteiger partial charge in [-0.15, -0.1) is 0 Å². The standard InChI is InChI=1S/C15H14ClN3/c1-17-15(11-5-7-12(16)8-6-11)13-10-18-19-9-3-2-4-14(13)19/h2-10,15,17H,1H3. The fraction of sp³-hybridized carbons (Fsp3) is 0.133. The molecule has 1 N–H and O–H groups in total. The molecule has 0 spiro atoms. The van der Waals surface area contributed by atoms with Crippen molar-refractivity contribution < 1.29 is 0 Å². The highest BCUT2D eigenvalue weighted by atomic mass is 35.5. The van der Waals surface area contributed by atoms with Gasteiger partial charge in [-0.25, -0.2) is 4.52 Å². The van der Waals surface area contributed by atoms with Crippen LogP contribution in [0, 0.1) is 0 Å². The Morgan fingerprint density at radius 1 is 1.16 bits per heavy atom. The van der Waals surface area contributed by atoms with Crippen molar-refractivity contribution in [2.45, 2.75) is 6.04 Å². The molecule has 0 amide bonds. The molecule has 0 fully saturated rings. The minimum absolute atomic E-state index is 0.108. The van der Waals surface area contributed by atoms with Gasteiger partial charge in [0, 0.05) is 16.8 Å². The number of benzene rings is 1. The smallest absolute Gasteiger partial charge is 0.0712 e. The zero-order valence-corrected chi connectivity index (χ0v) is 11.3. The Balaban J connectivity index is 2.09. The third-order valence-electron chi connectivity index (χ3n) is 3.26. The van der Waals surface area contributed by atoms with E-state index in [1.165, 1.54) is 5.56 Å². The summed E-state index contributed by atoms with van der Waals surface area (Å²) in [6, 6.07) is 14.1. The molecule has 0 saturated heterocycles. The molecule has 0 aliphatic carbocycles. The number of hydrogen-bond acceptors (Lipinski definition) is 2. The van der Waals surface area contributed by atoms with Gasteiger partial charge in [0.25, 0.3) is 0 Å². The van der Waals surface area contributed by atoms with Crippen molar-refractivity contribution in [3.63, 3.8) is 0 Å². The summed E-state index contributed by atoms with van der Waals surface area (Å²) in [7, 11) is 1.95. The largest absolute Gasteiger partial charge is 0.309 e. The minimum atomic E-state index is 0.108. The van der Waals surface area contributed by atoms with Gasteiger partial charge < -0.3 is 5.32 Å². The van der Waals surface area contributed by atoms with E-state index in [-0.39, 0.29) is 6.04 Å². The average molecular weight is 272 g/mol. The molecule has 0 aliphatic rings. The molecule has 19 heavy (non-hydrogen) atoms. The van der Waals surface area contributed by atoms with Crippen molar-refractivity contribution in [1.29, 1.82) is 0 Å². The lowest BCUT2D eigenvalue weighted by Gasteiger charge is -2.15. The Kier molecular flexibility index (Phi) is 3.23. The van der Waals surface area contributed by atoms with Crippen LogP contribution >= 0.6 is 11.6 Å². The third-order valence-corrected chi connectivity index (χ3v) is 3.51. The molecule has 1 aromatic carbocycles. The number of rotatable bonds is 3. The number of fused-ring (bicyclic) bond motifs is 1. The molecule has 0 saturated carbocycles. The van der Waals surface area contributed by atoms with Crippen LogP contribution in [0.2, 0.25) is 5.02 Å². The summed E-state index contributed by atoms with van der Waals surface area (Å²) in [5, 5.41) is 8.47. The van der Waals surface area contributed by atoms with Gasteiger partial charge in [0.2, 0.25) is 0 Å². The zero-order chi connectivity index (χ0) is 13.2. The molecule has 1 atom stereocenters. The van der Waals surface area contributed by atoms with Crippen molar-refractivity contribution in [2.75, 3.05) is 7.05 Å². The molecular formula is C15H14ClN3. The van der Waals surface area contributed by atoms with E-state index >= 15 is 0 Å². The Bertz CT molecular complexity index is 688. The third kappa shape index (κ3) is 2.23. The van der Waals surface area contributed by atoms with Crippen molar-refractivity contribution >= 4 is 17.1 Å². The number of aromatic nitrogens is 2. The fourth-order valence-corrected chi connectivity index (χ4v) is 2.46. The molecule has 4 heteroatoms. The fourth-order valence-electron chi connectivity index (χ4n) is 2.33. The summed E-state index contributed by atoms with van der Waals surface area (Å²) >= 11 is 5.94. The van der Waals surface area contributed by atoms with Gasteiger partial charge in [-0.05, 0) is 36.9 Å². The van der Waals surface area contributed by atoms with Gasteiger partial charge in [0.05, 0.1) is 17.8 Å². The van der Waals surface area contributed by atoms with Gasteiger partial charge >= 0.3 is 0 Å². The normalized spacial score (nSPS) is 12.7. The quantitative estimate of drug-likeness (QED) is 0.792. The predicted molar refractivity (Wildman–Crippen MR) is 77.5 cm³/mol. The van der Waals surface area contributed by atoms with Crippen molar-refractivity contribution in [3.8, 4) is 0 Å². The van der Waals surface area contributed by atoms with E-state index in [4.69, 9.17) is 11.6 Å². The van der Waals surface area contributed by atoms with Crippen LogP contribution in [-0.4, -0.2) is 16.7 Å². The van der Waals surface area contributed by atoms with E-state index in [9.17, 15) is 0 Å². The highest BCUT2D eigenvalue weighted by molar-refractivity contribution is 6.30. The van der Waals surface area contributed by atoms with Crippen molar-refractivity contribution in [3.05, 3.63) is 71.0 Å². The number of hydrogen-bond donors (Lipinski definition) is 1. The molecular weight excluding hydrogens is 258 g/mol. The molecule has 3 aromatic rings. The van der Waals surface area contributed by atoms with E-state index in [1.807, 2.05) is 60.4 Å². The molecule has 0 bridgehead atoms. The highest BCUT2D eigenvalue weighted by Crippen LogP contribution is 2.26. The Hall–Kier alpha value is -1.84. The summed E-state index contributed by atoms with van der Waals surface area (Å²) in [5.41, 5.74) is 3.44. The van der Waals surface area contributed by atoms with Gasteiger partial charge in [0.15, 0.2) is 0 Å². The summed E-state index contributed by atoms with van der Waals surface area (Å²) in [6.07, 6.45) is 3.86. The van der Waals surface area contributed by atoms with Gasteiger partial charge in [0.1, 0.15) is 0 Å². The predicted octanol–water partition coefficient (Wildman–Crippen LogP) is 3.30. The highest BCUT2D eigenvalue weighted by Gasteiger charge is 2.16. The molecule has 3 rings (SSSR count). The first-order valence-corrected chi connectivity index (χ1v) is 6.52. The van der Waals surface area contributed by atoms with Crippen LogP contribution in [-0.2, 0) is 0 Å². The molecule has 0 aliphatic heterocycles. The first-order chi connectivity index (χ1) is 9.29. The molecule has 1 unspecified atom stereocenters. The second-order valence-corrected chi connectivity index (χ2v) is 4.84. The summed E-state index contributed by atoms with van der Waals surface area (Å²) < 4.78 is 1.88. The number of halogens is 1. The summed E-state index contributed by atoms with van der Waals surface area (Å²) in [5.74, 6) is 0. The molecule has 3 nitrogen and oxygen atoms in total. The van der Waals surface area contributed by atoms with Gasteiger partial charge in [-0.2, -0.15) is 5.10 Å². The van der Waals surface area contributed by atoms with E-state index in [2.05, 4.69) is 16.5 Å². The van der Waals surface area contributed by atoms with Crippen LogP contribution in [0.1, 0.15) is 17.2 Å².